The van der Waals surface area contributed by atoms with Gasteiger partial charge in [0.05, 0.1) is 13.2 Å². The minimum absolute atomic E-state index is 0.0564. The van der Waals surface area contributed by atoms with Crippen LogP contribution >= 0.6 is 15.9 Å². The molecule has 8 heteroatoms. The first-order chi connectivity index (χ1) is 9.99. The normalized spacial score (nSPS) is 10.8. The van der Waals surface area contributed by atoms with Gasteiger partial charge in [0, 0.05) is 11.4 Å². The van der Waals surface area contributed by atoms with E-state index in [1.54, 1.807) is 13.0 Å². The summed E-state index contributed by atoms with van der Waals surface area (Å²) in [5, 5.41) is 10.8. The van der Waals surface area contributed by atoms with E-state index in [0.29, 0.717) is 30.1 Å². The van der Waals surface area contributed by atoms with Crippen molar-refractivity contribution in [3.8, 4) is 0 Å². The van der Waals surface area contributed by atoms with Crippen LogP contribution in [0, 0.1) is 22.9 Å². The van der Waals surface area contributed by atoms with Gasteiger partial charge in [-0.1, -0.05) is 22.0 Å². The number of hydrogen-bond donors (Lipinski definition) is 0. The molecule has 112 valence electrons. The van der Waals surface area contributed by atoms with E-state index < -0.39 is 4.92 Å². The van der Waals surface area contributed by atoms with Gasteiger partial charge in [-0.15, -0.1) is 0 Å². The van der Waals surface area contributed by atoms with Crippen LogP contribution in [0.2, 0.25) is 0 Å². The van der Waals surface area contributed by atoms with Crippen molar-refractivity contribution in [1.82, 2.24) is 9.55 Å². The highest BCUT2D eigenvalue weighted by molar-refractivity contribution is 9.10. The Morgan fingerprint density at radius 2 is 2.29 bits per heavy atom. The standard InChI is InChI=1S/C13H13BrFN3O3/c1-9-16-7-13(18(19)20)17(9)4-5-21-8-10-2-3-11(15)6-12(10)14/h2-3,6-7H,4-5,8H2,1H3. The van der Waals surface area contributed by atoms with Crippen LogP contribution in [0.25, 0.3) is 0 Å². The Morgan fingerprint density at radius 3 is 2.95 bits per heavy atom. The number of rotatable bonds is 6. The summed E-state index contributed by atoms with van der Waals surface area (Å²) in [4.78, 5) is 14.3. The summed E-state index contributed by atoms with van der Waals surface area (Å²) in [7, 11) is 0. The number of nitrogens with zero attached hydrogens (tertiary/aromatic N) is 3. The molecule has 1 aromatic heterocycles. The molecule has 2 aromatic rings. The van der Waals surface area contributed by atoms with Gasteiger partial charge in [0.25, 0.3) is 0 Å². The van der Waals surface area contributed by atoms with E-state index in [9.17, 15) is 14.5 Å². The Labute approximate surface area is 128 Å². The Morgan fingerprint density at radius 1 is 1.52 bits per heavy atom. The van der Waals surface area contributed by atoms with Crippen molar-refractivity contribution in [3.05, 3.63) is 56.2 Å². The molecule has 0 aliphatic heterocycles. The third kappa shape index (κ3) is 3.85. The minimum atomic E-state index is -0.476. The predicted octanol–water partition coefficient (Wildman–Crippen LogP) is 3.22. The van der Waals surface area contributed by atoms with Gasteiger partial charge in [0.2, 0.25) is 0 Å². The lowest BCUT2D eigenvalue weighted by molar-refractivity contribution is -0.392. The molecule has 0 unspecified atom stereocenters. The van der Waals surface area contributed by atoms with Gasteiger partial charge in [-0.25, -0.2) is 13.9 Å². The van der Waals surface area contributed by atoms with Crippen molar-refractivity contribution in [2.75, 3.05) is 6.61 Å². The maximum Gasteiger partial charge on any atom is 0.342 e. The number of imidazole rings is 1. The van der Waals surface area contributed by atoms with Gasteiger partial charge < -0.3 is 14.9 Å². The third-order valence-electron chi connectivity index (χ3n) is 2.95. The average Bonchev–Trinajstić information content (AvgIpc) is 2.78. The summed E-state index contributed by atoms with van der Waals surface area (Å²) in [6.07, 6.45) is 1.23. The predicted molar refractivity (Wildman–Crippen MR) is 77.4 cm³/mol. The van der Waals surface area contributed by atoms with Crippen LogP contribution in [0.15, 0.2) is 28.9 Å². The molecule has 0 aliphatic carbocycles. The lowest BCUT2D eigenvalue weighted by atomic mass is 10.2. The zero-order chi connectivity index (χ0) is 15.4. The summed E-state index contributed by atoms with van der Waals surface area (Å²) in [5.41, 5.74) is 0.813. The maximum atomic E-state index is 12.9. The molecule has 0 fully saturated rings. The fourth-order valence-electron chi connectivity index (χ4n) is 1.86. The fraction of sp³-hybridized carbons (Fsp3) is 0.308. The number of aromatic nitrogens is 2. The number of benzene rings is 1. The highest BCUT2D eigenvalue weighted by Crippen LogP contribution is 2.19. The van der Waals surface area contributed by atoms with Crippen LogP contribution in [0.3, 0.4) is 0 Å². The van der Waals surface area contributed by atoms with Crippen molar-refractivity contribution < 1.29 is 14.1 Å². The lowest BCUT2D eigenvalue weighted by Gasteiger charge is -2.07. The first-order valence-corrected chi connectivity index (χ1v) is 6.96. The molecular weight excluding hydrogens is 345 g/mol. The highest BCUT2D eigenvalue weighted by atomic mass is 79.9. The molecule has 0 spiro atoms. The Balaban J connectivity index is 1.90. The van der Waals surface area contributed by atoms with E-state index in [1.807, 2.05) is 0 Å². The molecule has 0 bridgehead atoms. The molecule has 0 aliphatic rings. The van der Waals surface area contributed by atoms with Gasteiger partial charge in [0.1, 0.15) is 18.6 Å². The summed E-state index contributed by atoms with van der Waals surface area (Å²) in [5.74, 6) is 0.183. The number of ether oxygens (including phenoxy) is 1. The fourth-order valence-corrected chi connectivity index (χ4v) is 2.32. The van der Waals surface area contributed by atoms with Gasteiger partial charge in [-0.3, -0.25) is 0 Å². The molecule has 6 nitrogen and oxygen atoms in total. The molecule has 0 saturated heterocycles. The van der Waals surface area contributed by atoms with Crippen LogP contribution < -0.4 is 0 Å². The van der Waals surface area contributed by atoms with Crippen LogP contribution in [0.5, 0.6) is 0 Å². The topological polar surface area (TPSA) is 70.2 Å². The second kappa shape index (κ2) is 6.77. The van der Waals surface area contributed by atoms with E-state index in [1.165, 1.54) is 22.9 Å². The largest absolute Gasteiger partial charge is 0.373 e. The average molecular weight is 358 g/mol. The van der Waals surface area contributed by atoms with Gasteiger partial charge in [-0.05, 0) is 22.6 Å². The van der Waals surface area contributed by atoms with Crippen LogP contribution in [0.4, 0.5) is 10.2 Å². The number of halogens is 2. The molecular formula is C13H13BrFN3O3. The van der Waals surface area contributed by atoms with Gasteiger partial charge in [-0.2, -0.15) is 0 Å². The van der Waals surface area contributed by atoms with E-state index in [4.69, 9.17) is 4.74 Å². The Kier molecular flexibility index (Phi) is 5.03. The van der Waals surface area contributed by atoms with Crippen molar-refractivity contribution in [2.45, 2.75) is 20.1 Å². The molecule has 0 saturated carbocycles. The summed E-state index contributed by atoms with van der Waals surface area (Å²) < 4.78 is 20.5. The van der Waals surface area contributed by atoms with Crippen molar-refractivity contribution in [2.24, 2.45) is 0 Å². The van der Waals surface area contributed by atoms with E-state index >= 15 is 0 Å². The molecule has 1 aromatic carbocycles. The zero-order valence-electron chi connectivity index (χ0n) is 11.3. The smallest absolute Gasteiger partial charge is 0.342 e. The van der Waals surface area contributed by atoms with Crippen LogP contribution in [-0.4, -0.2) is 21.1 Å². The Bertz CT molecular complexity index is 660. The summed E-state index contributed by atoms with van der Waals surface area (Å²) in [6.45, 7) is 2.62. The molecule has 1 heterocycles. The van der Waals surface area contributed by atoms with E-state index in [-0.39, 0.29) is 11.6 Å². The van der Waals surface area contributed by atoms with Crippen molar-refractivity contribution in [1.29, 1.82) is 0 Å². The first kappa shape index (κ1) is 15.6. The third-order valence-corrected chi connectivity index (χ3v) is 3.69. The zero-order valence-corrected chi connectivity index (χ0v) is 12.8. The maximum absolute atomic E-state index is 12.9. The van der Waals surface area contributed by atoms with E-state index in [2.05, 4.69) is 20.9 Å². The minimum Gasteiger partial charge on any atom is -0.373 e. The SMILES string of the molecule is Cc1ncc([N+](=O)[O-])n1CCOCc1ccc(F)cc1Br. The quantitative estimate of drug-likeness (QED) is 0.452. The van der Waals surface area contributed by atoms with E-state index in [0.717, 1.165) is 5.56 Å². The van der Waals surface area contributed by atoms with Gasteiger partial charge in [0.15, 0.2) is 5.82 Å². The number of hydrogen-bond acceptors (Lipinski definition) is 4. The van der Waals surface area contributed by atoms with Crippen LogP contribution in [0.1, 0.15) is 11.4 Å². The van der Waals surface area contributed by atoms with Crippen molar-refractivity contribution in [3.63, 3.8) is 0 Å². The van der Waals surface area contributed by atoms with Crippen molar-refractivity contribution >= 4 is 21.7 Å². The number of nitro groups is 1. The molecule has 0 N–H and O–H groups in total. The molecule has 0 amide bonds. The monoisotopic (exact) mass is 357 g/mol. The Hall–Kier alpha value is -1.80. The summed E-state index contributed by atoms with van der Waals surface area (Å²) in [6, 6.07) is 4.35. The highest BCUT2D eigenvalue weighted by Gasteiger charge is 2.16. The second-order valence-corrected chi connectivity index (χ2v) is 5.22. The molecule has 21 heavy (non-hydrogen) atoms. The molecule has 0 atom stereocenters. The van der Waals surface area contributed by atoms with Crippen LogP contribution in [-0.2, 0) is 17.9 Å². The molecule has 2 rings (SSSR count). The first-order valence-electron chi connectivity index (χ1n) is 6.17. The summed E-state index contributed by atoms with van der Waals surface area (Å²) >= 11 is 3.26. The number of aryl methyl sites for hydroxylation is 1. The molecule has 0 radical (unpaired) electrons. The van der Waals surface area contributed by atoms with Gasteiger partial charge >= 0.3 is 5.82 Å². The lowest BCUT2D eigenvalue weighted by Crippen LogP contribution is -2.10. The second-order valence-electron chi connectivity index (χ2n) is 4.36.